The summed E-state index contributed by atoms with van der Waals surface area (Å²) in [6.45, 7) is 12.2. The van der Waals surface area contributed by atoms with Gasteiger partial charge in [-0.05, 0) is 26.1 Å². The van der Waals surface area contributed by atoms with Crippen LogP contribution < -0.4 is 0 Å². The smallest absolute Gasteiger partial charge is 0.164 e. The first-order valence-electron chi connectivity index (χ1n) is 4.49. The molecule has 0 aromatic carbocycles. The third-order valence-electron chi connectivity index (χ3n) is 2.26. The highest BCUT2D eigenvalue weighted by atomic mass is 29.6. The van der Waals surface area contributed by atoms with Crippen LogP contribution in [-0.4, -0.2) is 30.1 Å². The molecule has 0 spiro atoms. The van der Waals surface area contributed by atoms with E-state index >= 15 is 0 Å². The Morgan fingerprint density at radius 3 is 2.18 bits per heavy atom. The topological polar surface area (TPSA) is 9.23 Å². The summed E-state index contributed by atoms with van der Waals surface area (Å²) in [5, 5.41) is 0. The number of rotatable bonds is 0. The second kappa shape index (κ2) is 2.83. The van der Waals surface area contributed by atoms with Crippen molar-refractivity contribution < 1.29 is 4.43 Å². The van der Waals surface area contributed by atoms with Gasteiger partial charge < -0.3 is 4.43 Å². The van der Waals surface area contributed by atoms with Crippen molar-refractivity contribution in [2.24, 2.45) is 0 Å². The highest BCUT2D eigenvalue weighted by molar-refractivity contribution is 7.51. The van der Waals surface area contributed by atoms with Crippen molar-refractivity contribution in [3.8, 4) is 0 Å². The molecule has 1 atom stereocenters. The Labute approximate surface area is 74.1 Å². The van der Waals surface area contributed by atoms with Crippen LogP contribution in [0.5, 0.6) is 0 Å². The van der Waals surface area contributed by atoms with Crippen LogP contribution >= 0.6 is 0 Å². The fourth-order valence-electron chi connectivity index (χ4n) is 2.63. The van der Waals surface area contributed by atoms with Gasteiger partial charge in [-0.1, -0.05) is 13.1 Å². The maximum Gasteiger partial charge on any atom is 0.164 e. The molecule has 11 heavy (non-hydrogen) atoms. The molecule has 0 radical (unpaired) electrons. The molecule has 0 amide bonds. The molecule has 0 saturated carbocycles. The first kappa shape index (κ1) is 9.70. The van der Waals surface area contributed by atoms with Crippen molar-refractivity contribution in [3.05, 3.63) is 0 Å². The van der Waals surface area contributed by atoms with Crippen molar-refractivity contribution in [2.45, 2.75) is 45.3 Å². The zero-order valence-electron chi connectivity index (χ0n) is 8.40. The van der Waals surface area contributed by atoms with Crippen molar-refractivity contribution in [1.82, 2.24) is 0 Å². The van der Waals surface area contributed by atoms with Crippen LogP contribution in [0.4, 0.5) is 0 Å². The van der Waals surface area contributed by atoms with Gasteiger partial charge in [0.1, 0.15) is 0 Å². The minimum Gasteiger partial charge on any atom is -0.419 e. The van der Waals surface area contributed by atoms with Gasteiger partial charge in [-0.15, -0.1) is 0 Å². The molecule has 0 aliphatic carbocycles. The van der Waals surface area contributed by atoms with Crippen molar-refractivity contribution in [1.29, 1.82) is 0 Å². The largest absolute Gasteiger partial charge is 0.419 e. The molecule has 0 aromatic rings. The number of hydrogen-bond acceptors (Lipinski definition) is 1. The van der Waals surface area contributed by atoms with E-state index in [0.717, 1.165) is 0 Å². The lowest BCUT2D eigenvalue weighted by atomic mass is 10.5. The molecule has 0 N–H and O–H groups in total. The molecule has 1 nitrogen and oxygen atoms in total. The Morgan fingerprint density at radius 2 is 1.82 bits per heavy atom. The van der Waals surface area contributed by atoms with Gasteiger partial charge in [0.25, 0.3) is 0 Å². The monoisotopic (exact) mass is 204 g/mol. The SMILES string of the molecule is CC1C[Si](C)(C)[SiH2][Si](C)(C)O1. The van der Waals surface area contributed by atoms with Crippen LogP contribution in [0.25, 0.3) is 0 Å². The normalized spacial score (nSPS) is 37.4. The molecule has 1 fully saturated rings. The standard InChI is InChI=1S/C7H20OSi3/c1-7-6-10(2,3)9-11(4,5)8-7/h7H,6,9H2,1-5H3. The quantitative estimate of drug-likeness (QED) is 0.543. The van der Waals surface area contributed by atoms with E-state index in [1.807, 2.05) is 0 Å². The average molecular weight is 204 g/mol. The first-order chi connectivity index (χ1) is 4.81. The molecular formula is C7H20OSi3. The lowest BCUT2D eigenvalue weighted by molar-refractivity contribution is 0.237. The minimum atomic E-state index is -1.09. The zero-order chi connectivity index (χ0) is 8.70. The Morgan fingerprint density at radius 1 is 1.27 bits per heavy atom. The van der Waals surface area contributed by atoms with Crippen LogP contribution in [0.1, 0.15) is 6.92 Å². The summed E-state index contributed by atoms with van der Waals surface area (Å²) in [5.74, 6) is 0. The van der Waals surface area contributed by atoms with E-state index in [2.05, 4.69) is 33.1 Å². The van der Waals surface area contributed by atoms with Crippen molar-refractivity contribution in [3.63, 3.8) is 0 Å². The van der Waals surface area contributed by atoms with E-state index in [1.165, 1.54) is 6.04 Å². The maximum atomic E-state index is 6.04. The van der Waals surface area contributed by atoms with Gasteiger partial charge >= 0.3 is 0 Å². The molecule has 0 bridgehead atoms. The average Bonchev–Trinajstić information content (AvgIpc) is 1.49. The van der Waals surface area contributed by atoms with Gasteiger partial charge in [0.05, 0.1) is 0 Å². The summed E-state index contributed by atoms with van der Waals surface area (Å²) in [6.07, 6.45) is 0.583. The molecule has 1 saturated heterocycles. The molecule has 1 unspecified atom stereocenters. The van der Waals surface area contributed by atoms with E-state index < -0.39 is 15.4 Å². The molecule has 0 aromatic heterocycles. The molecular weight excluding hydrogens is 184 g/mol. The van der Waals surface area contributed by atoms with E-state index in [-0.39, 0.29) is 8.55 Å². The van der Waals surface area contributed by atoms with Crippen LogP contribution in [-0.2, 0) is 4.43 Å². The van der Waals surface area contributed by atoms with Gasteiger partial charge in [-0.2, -0.15) is 0 Å². The van der Waals surface area contributed by atoms with Crippen LogP contribution in [0, 0.1) is 0 Å². The van der Waals surface area contributed by atoms with Crippen LogP contribution in [0.3, 0.4) is 0 Å². The van der Waals surface area contributed by atoms with Gasteiger partial charge in [-0.25, -0.2) is 0 Å². The summed E-state index contributed by atoms with van der Waals surface area (Å²) in [4.78, 5) is 0. The van der Waals surface area contributed by atoms with Gasteiger partial charge in [-0.3, -0.25) is 0 Å². The van der Waals surface area contributed by atoms with E-state index in [9.17, 15) is 0 Å². The Hall–Kier alpha value is 0.611. The maximum absolute atomic E-state index is 6.04. The Bertz CT molecular complexity index is 140. The van der Waals surface area contributed by atoms with Crippen molar-refractivity contribution in [2.75, 3.05) is 0 Å². The second-order valence-corrected chi connectivity index (χ2v) is 29.2. The zero-order valence-corrected chi connectivity index (χ0v) is 11.8. The summed E-state index contributed by atoms with van der Waals surface area (Å²) in [5.41, 5.74) is 0. The Balaban J connectivity index is 2.66. The van der Waals surface area contributed by atoms with Crippen LogP contribution in [0.15, 0.2) is 0 Å². The second-order valence-electron chi connectivity index (χ2n) is 5.23. The van der Waals surface area contributed by atoms with Gasteiger partial charge in [0, 0.05) is 22.3 Å². The van der Waals surface area contributed by atoms with Gasteiger partial charge in [0.2, 0.25) is 0 Å². The lowest BCUT2D eigenvalue weighted by Crippen LogP contribution is -2.59. The fraction of sp³-hybridized carbons (Fsp3) is 1.00. The minimum absolute atomic E-state index is 0.188. The third kappa shape index (κ3) is 2.85. The molecule has 1 rings (SSSR count). The molecule has 4 heteroatoms. The first-order valence-corrected chi connectivity index (χ1v) is 15.3. The lowest BCUT2D eigenvalue weighted by Gasteiger charge is -2.41. The molecule has 66 valence electrons. The van der Waals surface area contributed by atoms with Crippen molar-refractivity contribution >= 4 is 24.0 Å². The summed E-state index contributed by atoms with van der Waals surface area (Å²) < 4.78 is 6.04. The highest BCUT2D eigenvalue weighted by Gasteiger charge is 2.40. The predicted molar refractivity (Wildman–Crippen MR) is 58.9 cm³/mol. The number of hydrogen-bond donors (Lipinski definition) is 0. The highest BCUT2D eigenvalue weighted by Crippen LogP contribution is 2.25. The summed E-state index contributed by atoms with van der Waals surface area (Å²) >= 11 is 0. The third-order valence-corrected chi connectivity index (χ3v) is 29.9. The van der Waals surface area contributed by atoms with E-state index in [0.29, 0.717) is 6.10 Å². The van der Waals surface area contributed by atoms with Crippen LogP contribution in [0.2, 0.25) is 32.2 Å². The molecule has 1 aliphatic rings. The van der Waals surface area contributed by atoms with E-state index in [1.54, 1.807) is 0 Å². The molecule has 1 aliphatic heterocycles. The summed E-state index contributed by atoms with van der Waals surface area (Å²) in [6, 6.07) is 1.43. The van der Waals surface area contributed by atoms with Gasteiger partial charge in [0.15, 0.2) is 7.83 Å². The summed E-state index contributed by atoms with van der Waals surface area (Å²) in [7, 11) is -1.61. The van der Waals surface area contributed by atoms with E-state index in [4.69, 9.17) is 4.43 Å². The Kier molecular flexibility index (Phi) is 2.49. The predicted octanol–water partition coefficient (Wildman–Crippen LogP) is 1.48. The molecule has 1 heterocycles. The fourth-order valence-corrected chi connectivity index (χ4v) is 40.6.